The topological polar surface area (TPSA) is 38.3 Å². The van der Waals surface area contributed by atoms with E-state index < -0.39 is 23.1 Å². The van der Waals surface area contributed by atoms with Crippen LogP contribution in [0, 0.1) is 0 Å². The molecule has 1 aliphatic rings. The Labute approximate surface area is 141 Å². The molecule has 1 atom stereocenters. The van der Waals surface area contributed by atoms with Crippen LogP contribution in [-0.4, -0.2) is 13.0 Å². The Morgan fingerprint density at radius 3 is 2.42 bits per heavy atom. The van der Waals surface area contributed by atoms with Crippen molar-refractivity contribution in [1.29, 1.82) is 0 Å². The first-order valence-electron chi connectivity index (χ1n) is 7.05. The van der Waals surface area contributed by atoms with E-state index in [0.29, 0.717) is 21.9 Å². The zero-order valence-electron chi connectivity index (χ0n) is 12.8. The summed E-state index contributed by atoms with van der Waals surface area (Å²) in [6, 6.07) is 8.07. The molecule has 0 fully saturated rings. The lowest BCUT2D eigenvalue weighted by Gasteiger charge is -2.25. The molecule has 1 N–H and O–H groups in total. The Morgan fingerprint density at radius 2 is 1.79 bits per heavy atom. The quantitative estimate of drug-likeness (QED) is 0.853. The molecule has 3 rings (SSSR count). The summed E-state index contributed by atoms with van der Waals surface area (Å²) in [5, 5.41) is 2.97. The number of benzene rings is 2. The standard InChI is InChI=1S/C17H13ClF3NO2/c1-16(12-6-4-10(18)8-14(12)24-2)11-5-3-9(17(19,20)21)7-13(11)22-15(16)23/h3-8H,1-2H3,(H,22,23). The maximum Gasteiger partial charge on any atom is 0.416 e. The fourth-order valence-electron chi connectivity index (χ4n) is 2.98. The number of alkyl halides is 3. The molecule has 0 aromatic heterocycles. The molecule has 0 aliphatic carbocycles. The molecule has 2 aromatic rings. The number of rotatable bonds is 2. The average molecular weight is 356 g/mol. The van der Waals surface area contributed by atoms with Gasteiger partial charge in [-0.05, 0) is 36.8 Å². The fraction of sp³-hybridized carbons (Fsp3) is 0.235. The molecule has 0 radical (unpaired) electrons. The van der Waals surface area contributed by atoms with Gasteiger partial charge in [0, 0.05) is 16.3 Å². The monoisotopic (exact) mass is 355 g/mol. The van der Waals surface area contributed by atoms with Crippen LogP contribution >= 0.6 is 11.6 Å². The first kappa shape index (κ1) is 16.6. The van der Waals surface area contributed by atoms with Crippen LogP contribution in [0.3, 0.4) is 0 Å². The van der Waals surface area contributed by atoms with Crippen molar-refractivity contribution in [2.24, 2.45) is 0 Å². The summed E-state index contributed by atoms with van der Waals surface area (Å²) in [5.74, 6) is -0.0228. The van der Waals surface area contributed by atoms with Crippen molar-refractivity contribution in [2.45, 2.75) is 18.5 Å². The lowest BCUT2D eigenvalue weighted by molar-refractivity contribution is -0.137. The Morgan fingerprint density at radius 1 is 1.12 bits per heavy atom. The molecule has 1 aliphatic heterocycles. The maximum atomic E-state index is 12.9. The van der Waals surface area contributed by atoms with E-state index in [2.05, 4.69) is 5.32 Å². The molecule has 7 heteroatoms. The van der Waals surface area contributed by atoms with Gasteiger partial charge < -0.3 is 10.1 Å². The number of carbonyl (C=O) groups is 1. The van der Waals surface area contributed by atoms with Crippen LogP contribution in [0.4, 0.5) is 18.9 Å². The second-order valence-corrected chi connectivity index (χ2v) is 6.12. The molecule has 0 saturated heterocycles. The van der Waals surface area contributed by atoms with E-state index in [0.717, 1.165) is 12.1 Å². The zero-order valence-corrected chi connectivity index (χ0v) is 13.5. The van der Waals surface area contributed by atoms with Gasteiger partial charge in [0.25, 0.3) is 0 Å². The van der Waals surface area contributed by atoms with Gasteiger partial charge in [0.05, 0.1) is 12.7 Å². The Hall–Kier alpha value is -2.21. The smallest absolute Gasteiger partial charge is 0.416 e. The largest absolute Gasteiger partial charge is 0.496 e. The normalized spacial score (nSPS) is 19.8. The third-order valence-corrected chi connectivity index (χ3v) is 4.53. The van der Waals surface area contributed by atoms with Crippen molar-refractivity contribution < 1.29 is 22.7 Å². The molecule has 2 aromatic carbocycles. The highest BCUT2D eigenvalue weighted by Gasteiger charge is 2.46. The number of hydrogen-bond acceptors (Lipinski definition) is 2. The van der Waals surface area contributed by atoms with E-state index in [1.54, 1.807) is 25.1 Å². The summed E-state index contributed by atoms with van der Waals surface area (Å²) in [6.07, 6.45) is -4.48. The van der Waals surface area contributed by atoms with Crippen molar-refractivity contribution in [3.05, 3.63) is 58.1 Å². The highest BCUT2D eigenvalue weighted by Crippen LogP contribution is 2.47. The lowest BCUT2D eigenvalue weighted by atomic mass is 9.76. The van der Waals surface area contributed by atoms with Crippen LogP contribution in [0.2, 0.25) is 5.02 Å². The summed E-state index contributed by atoms with van der Waals surface area (Å²) < 4.78 is 44.0. The highest BCUT2D eigenvalue weighted by atomic mass is 35.5. The van der Waals surface area contributed by atoms with Gasteiger partial charge in [-0.3, -0.25) is 4.79 Å². The SMILES string of the molecule is COc1cc(Cl)ccc1C1(C)C(=O)Nc2cc(C(F)(F)F)ccc21. The molecule has 24 heavy (non-hydrogen) atoms. The fourth-order valence-corrected chi connectivity index (χ4v) is 3.14. The predicted octanol–water partition coefficient (Wildman–Crippen LogP) is 4.63. The molecule has 126 valence electrons. The van der Waals surface area contributed by atoms with Crippen molar-refractivity contribution in [1.82, 2.24) is 0 Å². The second-order valence-electron chi connectivity index (χ2n) is 5.68. The maximum absolute atomic E-state index is 12.9. The van der Waals surface area contributed by atoms with E-state index in [-0.39, 0.29) is 5.69 Å². The third kappa shape index (κ3) is 2.41. The number of methoxy groups -OCH3 is 1. The number of amides is 1. The lowest BCUT2D eigenvalue weighted by Crippen LogP contribution is -2.32. The van der Waals surface area contributed by atoms with Crippen molar-refractivity contribution in [3.63, 3.8) is 0 Å². The summed E-state index contributed by atoms with van der Waals surface area (Å²) in [5.41, 5.74) is -0.843. The molecule has 1 unspecified atom stereocenters. The molecule has 3 nitrogen and oxygen atoms in total. The van der Waals surface area contributed by atoms with Gasteiger partial charge in [0.15, 0.2) is 0 Å². The van der Waals surface area contributed by atoms with Crippen LogP contribution in [-0.2, 0) is 16.4 Å². The highest BCUT2D eigenvalue weighted by molar-refractivity contribution is 6.30. The van der Waals surface area contributed by atoms with Gasteiger partial charge in [0.1, 0.15) is 11.2 Å². The number of hydrogen-bond donors (Lipinski definition) is 1. The molecule has 0 bridgehead atoms. The van der Waals surface area contributed by atoms with Crippen molar-refractivity contribution in [2.75, 3.05) is 12.4 Å². The molecular formula is C17H13ClF3NO2. The number of anilines is 1. The molecule has 0 spiro atoms. The number of nitrogens with one attached hydrogen (secondary N) is 1. The first-order valence-corrected chi connectivity index (χ1v) is 7.43. The number of halogens is 4. The molecule has 0 saturated carbocycles. The van der Waals surface area contributed by atoms with Crippen LogP contribution in [0.1, 0.15) is 23.6 Å². The summed E-state index contributed by atoms with van der Waals surface area (Å²) in [7, 11) is 1.44. The van der Waals surface area contributed by atoms with Gasteiger partial charge in [0.2, 0.25) is 5.91 Å². The van der Waals surface area contributed by atoms with Crippen molar-refractivity contribution in [3.8, 4) is 5.75 Å². The van der Waals surface area contributed by atoms with E-state index in [1.807, 2.05) is 0 Å². The minimum atomic E-state index is -4.48. The molecule has 1 heterocycles. The van der Waals surface area contributed by atoms with Crippen LogP contribution in [0.5, 0.6) is 5.75 Å². The van der Waals surface area contributed by atoms with Crippen LogP contribution < -0.4 is 10.1 Å². The van der Waals surface area contributed by atoms with E-state index >= 15 is 0 Å². The van der Waals surface area contributed by atoms with E-state index in [1.165, 1.54) is 13.2 Å². The van der Waals surface area contributed by atoms with Gasteiger partial charge in [-0.15, -0.1) is 0 Å². The number of ether oxygens (including phenoxy) is 1. The average Bonchev–Trinajstić information content (AvgIpc) is 2.77. The summed E-state index contributed by atoms with van der Waals surface area (Å²) >= 11 is 5.95. The third-order valence-electron chi connectivity index (χ3n) is 4.29. The number of carbonyl (C=O) groups excluding carboxylic acids is 1. The predicted molar refractivity (Wildman–Crippen MR) is 84.5 cm³/mol. The second kappa shape index (κ2) is 5.41. The van der Waals surface area contributed by atoms with Gasteiger partial charge in [-0.25, -0.2) is 0 Å². The van der Waals surface area contributed by atoms with Gasteiger partial charge >= 0.3 is 6.18 Å². The van der Waals surface area contributed by atoms with E-state index in [9.17, 15) is 18.0 Å². The van der Waals surface area contributed by atoms with Gasteiger partial charge in [-0.2, -0.15) is 13.2 Å². The first-order chi connectivity index (χ1) is 11.2. The Balaban J connectivity index is 2.19. The summed E-state index contributed by atoms with van der Waals surface area (Å²) in [4.78, 5) is 12.6. The number of fused-ring (bicyclic) bond motifs is 1. The van der Waals surface area contributed by atoms with Gasteiger partial charge in [-0.1, -0.05) is 23.7 Å². The Kier molecular flexibility index (Phi) is 3.75. The van der Waals surface area contributed by atoms with Crippen molar-refractivity contribution >= 4 is 23.2 Å². The summed E-state index contributed by atoms with van der Waals surface area (Å²) in [6.45, 7) is 1.65. The van der Waals surface area contributed by atoms with E-state index in [4.69, 9.17) is 16.3 Å². The van der Waals surface area contributed by atoms with Crippen LogP contribution in [0.15, 0.2) is 36.4 Å². The molecular weight excluding hydrogens is 343 g/mol. The Bertz CT molecular complexity index is 835. The molecule has 1 amide bonds. The van der Waals surface area contributed by atoms with Crippen LogP contribution in [0.25, 0.3) is 0 Å². The zero-order chi connectivity index (χ0) is 17.7. The minimum absolute atomic E-state index is 0.148. The minimum Gasteiger partial charge on any atom is -0.496 e.